The van der Waals surface area contributed by atoms with Crippen LogP contribution in [0.1, 0.15) is 17.5 Å². The third-order valence-electron chi connectivity index (χ3n) is 3.48. The van der Waals surface area contributed by atoms with Crippen molar-refractivity contribution in [2.45, 2.75) is 18.3 Å². The molecule has 0 fully saturated rings. The molecule has 0 heterocycles. The van der Waals surface area contributed by atoms with Gasteiger partial charge in [-0.3, -0.25) is 4.79 Å². The molecule has 0 saturated heterocycles. The third-order valence-corrected chi connectivity index (χ3v) is 3.48. The average molecular weight is 218 g/mol. The van der Waals surface area contributed by atoms with E-state index >= 15 is 0 Å². The smallest absolute Gasteiger partial charge is 0.228 e. The van der Waals surface area contributed by atoms with E-state index in [1.807, 2.05) is 32.3 Å². The van der Waals surface area contributed by atoms with Crippen molar-refractivity contribution >= 4 is 5.91 Å². The summed E-state index contributed by atoms with van der Waals surface area (Å²) in [7, 11) is 4.03. The van der Waals surface area contributed by atoms with Crippen LogP contribution >= 0.6 is 0 Å². The summed E-state index contributed by atoms with van der Waals surface area (Å²) < 4.78 is 0. The molecule has 1 aliphatic rings. The van der Waals surface area contributed by atoms with Crippen molar-refractivity contribution in [3.63, 3.8) is 0 Å². The maximum absolute atomic E-state index is 11.7. The second kappa shape index (κ2) is 3.91. The van der Waals surface area contributed by atoms with E-state index in [1.54, 1.807) is 0 Å². The highest BCUT2D eigenvalue weighted by Crippen LogP contribution is 2.43. The minimum absolute atomic E-state index is 0.187. The first-order valence-electron chi connectivity index (χ1n) is 5.59. The summed E-state index contributed by atoms with van der Waals surface area (Å²) in [6, 6.07) is 8.09. The van der Waals surface area contributed by atoms with Crippen LogP contribution in [-0.4, -0.2) is 31.4 Å². The van der Waals surface area contributed by atoms with Gasteiger partial charge in [0.2, 0.25) is 5.91 Å². The molecule has 1 aromatic rings. The third kappa shape index (κ3) is 1.61. The van der Waals surface area contributed by atoms with E-state index in [9.17, 15) is 4.79 Å². The van der Waals surface area contributed by atoms with Crippen LogP contribution in [0.25, 0.3) is 0 Å². The summed E-state index contributed by atoms with van der Waals surface area (Å²) in [6.07, 6.45) is 1.61. The lowest BCUT2D eigenvalue weighted by Gasteiger charge is -2.42. The molecule has 1 aliphatic carbocycles. The molecule has 3 nitrogen and oxygen atoms in total. The van der Waals surface area contributed by atoms with Crippen LogP contribution in [0.5, 0.6) is 0 Å². The van der Waals surface area contributed by atoms with E-state index in [-0.39, 0.29) is 5.91 Å². The molecule has 0 unspecified atom stereocenters. The predicted molar refractivity (Wildman–Crippen MR) is 64.2 cm³/mol. The number of rotatable bonds is 4. The molecule has 1 amide bonds. The highest BCUT2D eigenvalue weighted by atomic mass is 16.1. The highest BCUT2D eigenvalue weighted by Gasteiger charge is 2.46. The van der Waals surface area contributed by atoms with Crippen molar-refractivity contribution in [1.29, 1.82) is 0 Å². The van der Waals surface area contributed by atoms with Crippen molar-refractivity contribution in [1.82, 2.24) is 4.90 Å². The fourth-order valence-electron chi connectivity index (χ4n) is 2.44. The van der Waals surface area contributed by atoms with E-state index in [0.717, 1.165) is 24.9 Å². The van der Waals surface area contributed by atoms with Gasteiger partial charge in [-0.25, -0.2) is 0 Å². The normalized spacial score (nSPS) is 22.7. The molecule has 86 valence electrons. The Bertz CT molecular complexity index is 414. The van der Waals surface area contributed by atoms with Gasteiger partial charge in [0.25, 0.3) is 0 Å². The fourth-order valence-corrected chi connectivity index (χ4v) is 2.44. The number of carbonyl (C=O) groups is 1. The van der Waals surface area contributed by atoms with Crippen molar-refractivity contribution in [3.05, 3.63) is 35.4 Å². The van der Waals surface area contributed by atoms with Crippen molar-refractivity contribution in [2.24, 2.45) is 5.73 Å². The Morgan fingerprint density at radius 2 is 2.12 bits per heavy atom. The Labute approximate surface area is 96.2 Å². The lowest BCUT2D eigenvalue weighted by molar-refractivity contribution is -0.124. The van der Waals surface area contributed by atoms with Gasteiger partial charge in [-0.15, -0.1) is 0 Å². The first-order valence-corrected chi connectivity index (χ1v) is 5.59. The molecule has 16 heavy (non-hydrogen) atoms. The van der Waals surface area contributed by atoms with Gasteiger partial charge >= 0.3 is 0 Å². The number of carbonyl (C=O) groups excluding carboxylic acids is 1. The quantitative estimate of drug-likeness (QED) is 0.816. The van der Waals surface area contributed by atoms with Crippen molar-refractivity contribution in [3.8, 4) is 0 Å². The van der Waals surface area contributed by atoms with Crippen LogP contribution in [0.4, 0.5) is 0 Å². The molecule has 0 radical (unpaired) electrons. The number of hydrogen-bond acceptors (Lipinski definition) is 2. The monoisotopic (exact) mass is 218 g/mol. The van der Waals surface area contributed by atoms with Gasteiger partial charge in [-0.1, -0.05) is 24.3 Å². The number of nitrogens with two attached hydrogens (primary N) is 1. The van der Waals surface area contributed by atoms with Crippen molar-refractivity contribution < 1.29 is 4.79 Å². The molecule has 1 aromatic carbocycles. The van der Waals surface area contributed by atoms with E-state index in [0.29, 0.717) is 0 Å². The minimum Gasteiger partial charge on any atom is -0.369 e. The molecule has 0 spiro atoms. The zero-order valence-electron chi connectivity index (χ0n) is 9.86. The lowest BCUT2D eigenvalue weighted by Crippen LogP contribution is -2.51. The number of primary amides is 1. The van der Waals surface area contributed by atoms with E-state index in [1.165, 1.54) is 5.56 Å². The van der Waals surface area contributed by atoms with Gasteiger partial charge in [-0.05, 0) is 44.6 Å². The first kappa shape index (κ1) is 11.1. The Morgan fingerprint density at radius 1 is 1.44 bits per heavy atom. The van der Waals surface area contributed by atoms with Crippen LogP contribution < -0.4 is 5.73 Å². The molecular formula is C13H18N2O. The summed E-state index contributed by atoms with van der Waals surface area (Å²) in [5, 5.41) is 0. The number of amides is 1. The number of benzene rings is 1. The second-order valence-electron chi connectivity index (χ2n) is 4.83. The van der Waals surface area contributed by atoms with E-state index in [2.05, 4.69) is 11.0 Å². The van der Waals surface area contributed by atoms with Crippen LogP contribution in [-0.2, 0) is 16.6 Å². The maximum atomic E-state index is 11.7. The minimum atomic E-state index is -0.416. The van der Waals surface area contributed by atoms with Crippen LogP contribution in [0, 0.1) is 0 Å². The summed E-state index contributed by atoms with van der Waals surface area (Å²) in [4.78, 5) is 13.8. The van der Waals surface area contributed by atoms with Gasteiger partial charge < -0.3 is 10.6 Å². The topological polar surface area (TPSA) is 46.3 Å². The van der Waals surface area contributed by atoms with Crippen LogP contribution in [0.15, 0.2) is 24.3 Å². The Kier molecular flexibility index (Phi) is 2.72. The summed E-state index contributed by atoms with van der Waals surface area (Å²) in [5.74, 6) is -0.187. The predicted octanol–water partition coefficient (Wildman–Crippen LogP) is 0.917. The second-order valence-corrected chi connectivity index (χ2v) is 4.83. The van der Waals surface area contributed by atoms with E-state index < -0.39 is 5.41 Å². The Hall–Kier alpha value is -1.35. The molecule has 3 heteroatoms. The fraction of sp³-hybridized carbons (Fsp3) is 0.462. The van der Waals surface area contributed by atoms with Gasteiger partial charge in [-0.2, -0.15) is 0 Å². The number of nitrogens with zero attached hydrogens (tertiary/aromatic N) is 1. The molecular weight excluding hydrogens is 200 g/mol. The average Bonchev–Trinajstić information content (AvgIpc) is 2.18. The summed E-state index contributed by atoms with van der Waals surface area (Å²) in [5.41, 5.74) is 7.55. The van der Waals surface area contributed by atoms with Crippen LogP contribution in [0.3, 0.4) is 0 Å². The summed E-state index contributed by atoms with van der Waals surface area (Å²) in [6.45, 7) is 0.886. The van der Waals surface area contributed by atoms with Gasteiger partial charge in [0.15, 0.2) is 0 Å². The lowest BCUT2D eigenvalue weighted by atomic mass is 9.61. The summed E-state index contributed by atoms with van der Waals surface area (Å²) >= 11 is 0. The molecule has 0 saturated carbocycles. The van der Waals surface area contributed by atoms with Gasteiger partial charge in [0.1, 0.15) is 0 Å². The first-order chi connectivity index (χ1) is 7.56. The Balaban J connectivity index is 2.25. The Morgan fingerprint density at radius 3 is 2.69 bits per heavy atom. The molecule has 0 bridgehead atoms. The SMILES string of the molecule is CN(C)CC[C@]1(C(N)=O)Cc2ccccc21. The largest absolute Gasteiger partial charge is 0.369 e. The molecule has 2 rings (SSSR count). The zero-order chi connectivity index (χ0) is 11.8. The van der Waals surface area contributed by atoms with E-state index in [4.69, 9.17) is 5.73 Å². The molecule has 2 N–H and O–H groups in total. The highest BCUT2D eigenvalue weighted by molar-refractivity contribution is 5.90. The van der Waals surface area contributed by atoms with Gasteiger partial charge in [0.05, 0.1) is 5.41 Å². The van der Waals surface area contributed by atoms with Gasteiger partial charge in [0, 0.05) is 0 Å². The van der Waals surface area contributed by atoms with Crippen molar-refractivity contribution in [2.75, 3.05) is 20.6 Å². The standard InChI is InChI=1S/C13H18N2O/c1-15(2)8-7-13(12(14)16)9-10-5-3-4-6-11(10)13/h3-6H,7-9H2,1-2H3,(H2,14,16)/t13-/m0/s1. The molecule has 1 atom stereocenters. The van der Waals surface area contributed by atoms with Crippen LogP contribution in [0.2, 0.25) is 0 Å². The number of fused-ring (bicyclic) bond motifs is 1. The molecule has 0 aromatic heterocycles. The molecule has 0 aliphatic heterocycles. The zero-order valence-corrected chi connectivity index (χ0v) is 9.86. The maximum Gasteiger partial charge on any atom is 0.228 e. The number of hydrogen-bond donors (Lipinski definition) is 1.